The molecule has 1 unspecified atom stereocenters. The quantitative estimate of drug-likeness (QED) is 0.779. The maximum atomic E-state index is 12.3. The Labute approximate surface area is 99.6 Å². The lowest BCUT2D eigenvalue weighted by molar-refractivity contribution is -0.143. The van der Waals surface area contributed by atoms with Crippen LogP contribution in [0.3, 0.4) is 0 Å². The molecule has 94 valence electrons. The van der Waals surface area contributed by atoms with Crippen LogP contribution >= 0.6 is 0 Å². The Hall–Kier alpha value is -0.570. The number of hydrogen-bond acceptors (Lipinski definition) is 2. The summed E-state index contributed by atoms with van der Waals surface area (Å²) >= 11 is 0. The van der Waals surface area contributed by atoms with Crippen molar-refractivity contribution >= 4 is 5.91 Å². The molecule has 0 aromatic heterocycles. The molecule has 0 aromatic carbocycles. The zero-order valence-electron chi connectivity index (χ0n) is 11.2. The van der Waals surface area contributed by atoms with Crippen LogP contribution in [0, 0.1) is 0 Å². The van der Waals surface area contributed by atoms with Gasteiger partial charge in [0.1, 0.15) is 0 Å². The molecule has 16 heavy (non-hydrogen) atoms. The molecule has 1 N–H and O–H groups in total. The minimum atomic E-state index is 0.0396. The standard InChI is InChI=1S/C13H26N2O/c1-5-13(6-2,7-3)15-10-8-9-11(14-4)12(15)16/h11,14H,5-10H2,1-4H3. The summed E-state index contributed by atoms with van der Waals surface area (Å²) in [5.41, 5.74) is 0.0899. The Bertz CT molecular complexity index is 228. The fourth-order valence-corrected chi connectivity index (χ4v) is 2.94. The van der Waals surface area contributed by atoms with E-state index in [1.807, 2.05) is 7.05 Å². The van der Waals surface area contributed by atoms with Crippen molar-refractivity contribution in [1.82, 2.24) is 10.2 Å². The van der Waals surface area contributed by atoms with Crippen molar-refractivity contribution in [2.75, 3.05) is 13.6 Å². The van der Waals surface area contributed by atoms with Crippen LogP contribution in [0.25, 0.3) is 0 Å². The summed E-state index contributed by atoms with van der Waals surface area (Å²) in [7, 11) is 1.89. The molecule has 0 bridgehead atoms. The average molecular weight is 226 g/mol. The Balaban J connectivity index is 2.87. The molecule has 3 heteroatoms. The Morgan fingerprint density at radius 2 is 1.88 bits per heavy atom. The van der Waals surface area contributed by atoms with E-state index in [-0.39, 0.29) is 11.6 Å². The first-order chi connectivity index (χ1) is 7.65. The molecule has 0 aliphatic carbocycles. The molecule has 3 nitrogen and oxygen atoms in total. The Kier molecular flexibility index (Phi) is 4.78. The highest BCUT2D eigenvalue weighted by Crippen LogP contribution is 2.31. The Morgan fingerprint density at radius 1 is 1.31 bits per heavy atom. The highest BCUT2D eigenvalue weighted by molar-refractivity contribution is 5.83. The first-order valence-electron chi connectivity index (χ1n) is 6.64. The normalized spacial score (nSPS) is 22.6. The third kappa shape index (κ3) is 2.24. The number of amides is 1. The van der Waals surface area contributed by atoms with Gasteiger partial charge in [-0.2, -0.15) is 0 Å². The third-order valence-corrected chi connectivity index (χ3v) is 4.33. The molecule has 1 rings (SSSR count). The van der Waals surface area contributed by atoms with Gasteiger partial charge in [0, 0.05) is 12.1 Å². The Morgan fingerprint density at radius 3 is 2.31 bits per heavy atom. The van der Waals surface area contributed by atoms with Crippen LogP contribution in [0.15, 0.2) is 0 Å². The van der Waals surface area contributed by atoms with E-state index in [0.717, 1.165) is 38.6 Å². The minimum absolute atomic E-state index is 0.0396. The van der Waals surface area contributed by atoms with E-state index < -0.39 is 0 Å². The van der Waals surface area contributed by atoms with Gasteiger partial charge in [-0.05, 0) is 39.2 Å². The van der Waals surface area contributed by atoms with E-state index in [1.54, 1.807) is 0 Å². The molecule has 0 saturated carbocycles. The maximum absolute atomic E-state index is 12.3. The van der Waals surface area contributed by atoms with E-state index in [0.29, 0.717) is 5.91 Å². The van der Waals surface area contributed by atoms with Gasteiger partial charge in [-0.1, -0.05) is 20.8 Å². The molecular formula is C13H26N2O. The van der Waals surface area contributed by atoms with E-state index in [2.05, 4.69) is 31.0 Å². The van der Waals surface area contributed by atoms with Gasteiger partial charge in [0.25, 0.3) is 0 Å². The van der Waals surface area contributed by atoms with Crippen LogP contribution in [0.4, 0.5) is 0 Å². The van der Waals surface area contributed by atoms with Gasteiger partial charge < -0.3 is 10.2 Å². The number of likely N-dealkylation sites (N-methyl/N-ethyl adjacent to an activating group) is 1. The zero-order chi connectivity index (χ0) is 12.2. The number of nitrogens with zero attached hydrogens (tertiary/aromatic N) is 1. The second-order valence-electron chi connectivity index (χ2n) is 4.76. The van der Waals surface area contributed by atoms with Gasteiger partial charge in [-0.25, -0.2) is 0 Å². The summed E-state index contributed by atoms with van der Waals surface area (Å²) in [5.74, 6) is 0.305. The number of nitrogens with one attached hydrogen (secondary N) is 1. The second-order valence-corrected chi connectivity index (χ2v) is 4.76. The van der Waals surface area contributed by atoms with E-state index in [1.165, 1.54) is 0 Å². The third-order valence-electron chi connectivity index (χ3n) is 4.33. The van der Waals surface area contributed by atoms with Crippen LogP contribution < -0.4 is 5.32 Å². The summed E-state index contributed by atoms with van der Waals surface area (Å²) in [6.45, 7) is 7.53. The second kappa shape index (κ2) is 5.67. The lowest BCUT2D eigenvalue weighted by Gasteiger charge is -2.46. The summed E-state index contributed by atoms with van der Waals surface area (Å²) in [6.07, 6.45) is 5.28. The van der Waals surface area contributed by atoms with Crippen molar-refractivity contribution in [1.29, 1.82) is 0 Å². The van der Waals surface area contributed by atoms with Gasteiger partial charge >= 0.3 is 0 Å². The highest BCUT2D eigenvalue weighted by Gasteiger charge is 2.39. The number of rotatable bonds is 5. The van der Waals surface area contributed by atoms with Crippen molar-refractivity contribution in [3.63, 3.8) is 0 Å². The van der Waals surface area contributed by atoms with Gasteiger partial charge in [0.05, 0.1) is 6.04 Å². The first kappa shape index (κ1) is 13.5. The van der Waals surface area contributed by atoms with Gasteiger partial charge in [0.15, 0.2) is 0 Å². The van der Waals surface area contributed by atoms with Gasteiger partial charge in [-0.15, -0.1) is 0 Å². The van der Waals surface area contributed by atoms with E-state index in [4.69, 9.17) is 0 Å². The monoisotopic (exact) mass is 226 g/mol. The van der Waals surface area contributed by atoms with Gasteiger partial charge in [-0.3, -0.25) is 4.79 Å². The maximum Gasteiger partial charge on any atom is 0.240 e. The van der Waals surface area contributed by atoms with E-state index >= 15 is 0 Å². The lowest BCUT2D eigenvalue weighted by Crippen LogP contribution is -2.59. The van der Waals surface area contributed by atoms with Crippen molar-refractivity contribution in [3.05, 3.63) is 0 Å². The van der Waals surface area contributed by atoms with Crippen LogP contribution in [-0.4, -0.2) is 36.0 Å². The number of piperidine rings is 1. The summed E-state index contributed by atoms with van der Waals surface area (Å²) in [4.78, 5) is 14.5. The number of likely N-dealkylation sites (tertiary alicyclic amines) is 1. The summed E-state index contributed by atoms with van der Waals surface area (Å²) < 4.78 is 0. The van der Waals surface area contributed by atoms with Crippen LogP contribution in [0.2, 0.25) is 0 Å². The number of carbonyl (C=O) groups excluding carboxylic acids is 1. The molecule has 1 aliphatic rings. The van der Waals surface area contributed by atoms with Crippen molar-refractivity contribution in [3.8, 4) is 0 Å². The average Bonchev–Trinajstić information content (AvgIpc) is 2.34. The topological polar surface area (TPSA) is 32.3 Å². The SMILES string of the molecule is CCC(CC)(CC)N1CCCC(NC)C1=O. The molecule has 1 atom stereocenters. The van der Waals surface area contributed by atoms with Crippen molar-refractivity contribution in [2.45, 2.75) is 64.5 Å². The predicted molar refractivity (Wildman–Crippen MR) is 67.4 cm³/mol. The largest absolute Gasteiger partial charge is 0.336 e. The molecule has 1 saturated heterocycles. The summed E-state index contributed by atoms with van der Waals surface area (Å²) in [5, 5.41) is 3.14. The molecular weight excluding hydrogens is 200 g/mol. The minimum Gasteiger partial charge on any atom is -0.336 e. The number of carbonyl (C=O) groups is 1. The fourth-order valence-electron chi connectivity index (χ4n) is 2.94. The molecule has 1 fully saturated rings. The number of hydrogen-bond donors (Lipinski definition) is 1. The molecule has 0 radical (unpaired) electrons. The van der Waals surface area contributed by atoms with E-state index in [9.17, 15) is 4.79 Å². The predicted octanol–water partition coefficient (Wildman–Crippen LogP) is 2.17. The highest BCUT2D eigenvalue weighted by atomic mass is 16.2. The van der Waals surface area contributed by atoms with Gasteiger partial charge in [0.2, 0.25) is 5.91 Å². The molecule has 1 amide bonds. The molecule has 1 heterocycles. The fraction of sp³-hybridized carbons (Fsp3) is 0.923. The van der Waals surface area contributed by atoms with Crippen LogP contribution in [0.5, 0.6) is 0 Å². The first-order valence-corrected chi connectivity index (χ1v) is 6.64. The smallest absolute Gasteiger partial charge is 0.240 e. The zero-order valence-corrected chi connectivity index (χ0v) is 11.2. The molecule has 1 aliphatic heterocycles. The lowest BCUT2D eigenvalue weighted by atomic mass is 9.85. The van der Waals surface area contributed by atoms with Crippen LogP contribution in [0.1, 0.15) is 52.9 Å². The van der Waals surface area contributed by atoms with Crippen LogP contribution in [-0.2, 0) is 4.79 Å². The molecule has 0 aromatic rings. The summed E-state index contributed by atoms with van der Waals surface area (Å²) in [6, 6.07) is 0.0396. The van der Waals surface area contributed by atoms with Crippen molar-refractivity contribution in [2.24, 2.45) is 0 Å². The van der Waals surface area contributed by atoms with Crippen molar-refractivity contribution < 1.29 is 4.79 Å². The molecule has 0 spiro atoms.